The highest BCUT2D eigenvalue weighted by atomic mass is 35.7. The molecule has 0 fully saturated rings. The van der Waals surface area contributed by atoms with Crippen molar-refractivity contribution in [2.45, 2.75) is 19.8 Å². The Morgan fingerprint density at radius 2 is 2.11 bits per heavy atom. The average Bonchev–Trinajstić information content (AvgIpc) is 1.64. The summed E-state index contributed by atoms with van der Waals surface area (Å²) in [7, 11) is 1.45. The fraction of sp³-hybridized carbons (Fsp3) is 0.600. The zero-order valence-electron chi connectivity index (χ0n) is 5.22. The van der Waals surface area contributed by atoms with Crippen LogP contribution >= 0.6 is 10.7 Å². The second-order valence-corrected chi connectivity index (χ2v) is 4.40. The number of hydrogen-bond acceptors (Lipinski definition) is 2. The van der Waals surface area contributed by atoms with Crippen molar-refractivity contribution in [1.82, 2.24) is 0 Å². The molecule has 4 heteroatoms. The Labute approximate surface area is 59.9 Å². The van der Waals surface area contributed by atoms with Gasteiger partial charge >= 0.3 is 0 Å². The van der Waals surface area contributed by atoms with Crippen molar-refractivity contribution in [2.75, 3.05) is 0 Å². The Morgan fingerprint density at radius 3 is 2.22 bits per heavy atom. The van der Waals surface area contributed by atoms with Crippen molar-refractivity contribution in [1.29, 1.82) is 0 Å². The van der Waals surface area contributed by atoms with E-state index in [-0.39, 0.29) is 4.91 Å². The van der Waals surface area contributed by atoms with Gasteiger partial charge in [-0.2, -0.15) is 0 Å². The maximum absolute atomic E-state index is 10.4. The van der Waals surface area contributed by atoms with Crippen molar-refractivity contribution in [3.8, 4) is 0 Å². The monoisotopic (exact) mass is 168 g/mol. The van der Waals surface area contributed by atoms with Crippen LogP contribution in [0.3, 0.4) is 0 Å². The Hall–Kier alpha value is -0.0200. The van der Waals surface area contributed by atoms with E-state index >= 15 is 0 Å². The van der Waals surface area contributed by atoms with Gasteiger partial charge < -0.3 is 0 Å². The predicted octanol–water partition coefficient (Wildman–Crippen LogP) is 1.87. The van der Waals surface area contributed by atoms with Gasteiger partial charge in [-0.15, -0.1) is 0 Å². The number of hydrogen-bond donors (Lipinski definition) is 0. The Kier molecular flexibility index (Phi) is 3.22. The Bertz CT molecular complexity index is 193. The lowest BCUT2D eigenvalue weighted by Gasteiger charge is -1.94. The summed E-state index contributed by atoms with van der Waals surface area (Å²) in [6.45, 7) is 5.16. The minimum atomic E-state index is -3.49. The Morgan fingerprint density at radius 1 is 1.67 bits per heavy atom. The molecule has 0 unspecified atom stereocenters. The third kappa shape index (κ3) is 3.54. The van der Waals surface area contributed by atoms with Gasteiger partial charge in [0.2, 0.25) is 0 Å². The zero-order chi connectivity index (χ0) is 7.49. The van der Waals surface area contributed by atoms with Crippen LogP contribution in [0.2, 0.25) is 0 Å². The first-order chi connectivity index (χ1) is 3.98. The minimum Gasteiger partial charge on any atom is -0.207 e. The quantitative estimate of drug-likeness (QED) is 0.603. The summed E-state index contributed by atoms with van der Waals surface area (Å²) >= 11 is 0. The second-order valence-electron chi connectivity index (χ2n) is 1.73. The molecular formula is C5H9ClO2S. The average molecular weight is 169 g/mol. The van der Waals surface area contributed by atoms with Gasteiger partial charge in [0.15, 0.2) is 0 Å². The summed E-state index contributed by atoms with van der Waals surface area (Å²) in [6, 6.07) is 0. The highest BCUT2D eigenvalue weighted by Crippen LogP contribution is 2.14. The Balaban J connectivity index is 4.08. The van der Waals surface area contributed by atoms with Gasteiger partial charge in [-0.25, -0.2) is 8.42 Å². The van der Waals surface area contributed by atoms with E-state index in [1.165, 1.54) is 0 Å². The molecule has 0 radical (unpaired) electrons. The molecule has 0 amide bonds. The van der Waals surface area contributed by atoms with Crippen LogP contribution in [0.4, 0.5) is 0 Å². The number of rotatable bonds is 3. The van der Waals surface area contributed by atoms with Gasteiger partial charge in [-0.1, -0.05) is 19.9 Å². The van der Waals surface area contributed by atoms with E-state index < -0.39 is 9.05 Å². The molecule has 0 aromatic heterocycles. The zero-order valence-corrected chi connectivity index (χ0v) is 6.80. The molecule has 0 aliphatic heterocycles. The van der Waals surface area contributed by atoms with Crippen LogP contribution in [0.15, 0.2) is 11.5 Å². The fourth-order valence-corrected chi connectivity index (χ4v) is 1.08. The molecule has 2 nitrogen and oxygen atoms in total. The molecule has 54 valence electrons. The number of halogens is 1. The molecule has 0 aromatic rings. The molecule has 9 heavy (non-hydrogen) atoms. The normalized spacial score (nSPS) is 11.3. The lowest BCUT2D eigenvalue weighted by molar-refractivity contribution is 0.613. The molecule has 0 rings (SSSR count). The summed E-state index contributed by atoms with van der Waals surface area (Å²) in [5, 5.41) is 0. The van der Waals surface area contributed by atoms with E-state index in [4.69, 9.17) is 10.7 Å². The molecule has 0 bridgehead atoms. The molecule has 0 heterocycles. The first kappa shape index (κ1) is 8.98. The van der Waals surface area contributed by atoms with Crippen LogP contribution in [0.25, 0.3) is 0 Å². The number of allylic oxidation sites excluding steroid dienone is 1. The lowest BCUT2D eigenvalue weighted by atomic mass is 10.3. The highest BCUT2D eigenvalue weighted by Gasteiger charge is 2.08. The van der Waals surface area contributed by atoms with Gasteiger partial charge in [0.25, 0.3) is 9.05 Å². The standard InChI is InChI=1S/C5H9ClO2S/c1-3-4-5(2)9(6,7)8/h2-4H2,1H3. The molecule has 0 spiro atoms. The van der Waals surface area contributed by atoms with E-state index in [0.717, 1.165) is 6.42 Å². The van der Waals surface area contributed by atoms with Gasteiger partial charge in [0.1, 0.15) is 0 Å². The van der Waals surface area contributed by atoms with E-state index in [1.807, 2.05) is 6.92 Å². The van der Waals surface area contributed by atoms with Crippen LogP contribution < -0.4 is 0 Å². The van der Waals surface area contributed by atoms with E-state index in [9.17, 15) is 8.42 Å². The smallest absolute Gasteiger partial charge is 0.207 e. The van der Waals surface area contributed by atoms with Gasteiger partial charge in [-0.3, -0.25) is 0 Å². The van der Waals surface area contributed by atoms with E-state index in [0.29, 0.717) is 6.42 Å². The second kappa shape index (κ2) is 3.22. The molecular weight excluding hydrogens is 160 g/mol. The van der Waals surface area contributed by atoms with E-state index in [1.54, 1.807) is 0 Å². The molecule has 0 N–H and O–H groups in total. The highest BCUT2D eigenvalue weighted by molar-refractivity contribution is 8.16. The summed E-state index contributed by atoms with van der Waals surface area (Å²) in [6.07, 6.45) is 1.20. The van der Waals surface area contributed by atoms with Crippen molar-refractivity contribution in [3.05, 3.63) is 11.5 Å². The van der Waals surface area contributed by atoms with Crippen LogP contribution in [-0.2, 0) is 9.05 Å². The molecule has 0 aliphatic carbocycles. The fourth-order valence-electron chi connectivity index (χ4n) is 0.401. The molecule has 0 atom stereocenters. The first-order valence-electron chi connectivity index (χ1n) is 2.61. The van der Waals surface area contributed by atoms with Crippen LogP contribution in [0, 0.1) is 0 Å². The van der Waals surface area contributed by atoms with Crippen molar-refractivity contribution >= 4 is 19.7 Å². The van der Waals surface area contributed by atoms with Crippen LogP contribution in [-0.4, -0.2) is 8.42 Å². The topological polar surface area (TPSA) is 34.1 Å². The summed E-state index contributed by atoms with van der Waals surface area (Å²) < 4.78 is 20.8. The summed E-state index contributed by atoms with van der Waals surface area (Å²) in [5.74, 6) is 0. The third-order valence-corrected chi connectivity index (χ3v) is 2.42. The van der Waals surface area contributed by atoms with Gasteiger partial charge in [0, 0.05) is 10.7 Å². The summed E-state index contributed by atoms with van der Waals surface area (Å²) in [4.78, 5) is 0.103. The van der Waals surface area contributed by atoms with Crippen molar-refractivity contribution in [2.24, 2.45) is 0 Å². The predicted molar refractivity (Wildman–Crippen MR) is 38.8 cm³/mol. The van der Waals surface area contributed by atoms with Crippen molar-refractivity contribution < 1.29 is 8.42 Å². The lowest BCUT2D eigenvalue weighted by Crippen LogP contribution is -1.91. The van der Waals surface area contributed by atoms with Gasteiger partial charge in [0.05, 0.1) is 4.91 Å². The van der Waals surface area contributed by atoms with Gasteiger partial charge in [-0.05, 0) is 6.42 Å². The molecule has 0 saturated heterocycles. The molecule has 0 saturated carbocycles. The minimum absolute atomic E-state index is 0.103. The van der Waals surface area contributed by atoms with E-state index in [2.05, 4.69) is 6.58 Å². The molecule has 0 aromatic carbocycles. The molecule has 0 aliphatic rings. The van der Waals surface area contributed by atoms with Crippen molar-refractivity contribution in [3.63, 3.8) is 0 Å². The largest absolute Gasteiger partial charge is 0.256 e. The third-order valence-electron chi connectivity index (χ3n) is 0.874. The summed E-state index contributed by atoms with van der Waals surface area (Å²) in [5.41, 5.74) is 0. The SMILES string of the molecule is C=C(CCC)S(=O)(=O)Cl. The maximum atomic E-state index is 10.4. The maximum Gasteiger partial charge on any atom is 0.256 e. The van der Waals surface area contributed by atoms with Crippen LogP contribution in [0.5, 0.6) is 0 Å². The first-order valence-corrected chi connectivity index (χ1v) is 4.92. The van der Waals surface area contributed by atoms with Crippen LogP contribution in [0.1, 0.15) is 19.8 Å².